The molecule has 0 saturated heterocycles. The number of benzene rings is 3. The molecule has 0 spiro atoms. The zero-order valence-electron chi connectivity index (χ0n) is 18.0. The lowest BCUT2D eigenvalue weighted by atomic mass is 10.0. The summed E-state index contributed by atoms with van der Waals surface area (Å²) < 4.78 is 5.40. The van der Waals surface area contributed by atoms with Crippen LogP contribution in [0.25, 0.3) is 0 Å². The maximum absolute atomic E-state index is 13.0. The maximum Gasteiger partial charge on any atom is 0.266 e. The van der Waals surface area contributed by atoms with Crippen molar-refractivity contribution in [2.75, 3.05) is 16.8 Å². The van der Waals surface area contributed by atoms with Crippen LogP contribution in [0.3, 0.4) is 0 Å². The second kappa shape index (κ2) is 8.58. The normalized spacial score (nSPS) is 12.5. The Morgan fingerprint density at radius 1 is 0.970 bits per heavy atom. The van der Waals surface area contributed by atoms with Crippen molar-refractivity contribution in [3.05, 3.63) is 88.5 Å². The predicted molar refractivity (Wildman–Crippen MR) is 123 cm³/mol. The van der Waals surface area contributed by atoms with Gasteiger partial charge in [-0.05, 0) is 74.0 Å². The van der Waals surface area contributed by atoms with Crippen molar-refractivity contribution in [1.82, 2.24) is 0 Å². The minimum absolute atomic E-state index is 0.143. The zero-order valence-corrected chi connectivity index (χ0v) is 18.0. The minimum atomic E-state index is -0.598. The van der Waals surface area contributed by atoms with Gasteiger partial charge in [-0.2, -0.15) is 0 Å². The fourth-order valence-corrected chi connectivity index (χ4v) is 3.71. The lowest BCUT2D eigenvalue weighted by Crippen LogP contribution is -2.29. The molecule has 0 unspecified atom stereocenters. The third-order valence-electron chi connectivity index (χ3n) is 5.40. The van der Waals surface area contributed by atoms with Crippen LogP contribution in [0.2, 0.25) is 0 Å². The van der Waals surface area contributed by atoms with Gasteiger partial charge in [0, 0.05) is 16.8 Å². The Hall–Kier alpha value is -4.46. The fourth-order valence-electron chi connectivity index (χ4n) is 3.71. The molecular weight excluding hydrogens is 422 g/mol. The monoisotopic (exact) mass is 443 g/mol. The van der Waals surface area contributed by atoms with Crippen molar-refractivity contribution in [3.63, 3.8) is 0 Å². The summed E-state index contributed by atoms with van der Waals surface area (Å²) in [6, 6.07) is 15.8. The quantitative estimate of drug-likeness (QED) is 0.565. The van der Waals surface area contributed by atoms with E-state index in [1.165, 1.54) is 18.2 Å². The van der Waals surface area contributed by atoms with Crippen LogP contribution in [0.1, 0.15) is 53.9 Å². The number of nitrogens with one attached hydrogen (secondary N) is 1. The van der Waals surface area contributed by atoms with Gasteiger partial charge in [-0.3, -0.25) is 19.2 Å². The molecule has 0 aromatic heterocycles. The van der Waals surface area contributed by atoms with Gasteiger partial charge in [-0.1, -0.05) is 6.07 Å². The van der Waals surface area contributed by atoms with E-state index < -0.39 is 23.6 Å². The second-order valence-electron chi connectivity index (χ2n) is 7.43. The number of hydrogen-bond donors (Lipinski definition) is 2. The summed E-state index contributed by atoms with van der Waals surface area (Å²) in [5.41, 5.74) is 7.60. The molecule has 4 amide bonds. The molecule has 0 saturated carbocycles. The largest absolute Gasteiger partial charge is 0.494 e. The molecule has 0 fully saturated rings. The number of carbonyl (C=O) groups excluding carboxylic acids is 4. The number of nitrogens with two attached hydrogens (primary N) is 1. The van der Waals surface area contributed by atoms with E-state index in [1.807, 2.05) is 6.92 Å². The average Bonchev–Trinajstić information content (AvgIpc) is 3.05. The molecule has 0 radical (unpaired) electrons. The summed E-state index contributed by atoms with van der Waals surface area (Å²) in [4.78, 5) is 51.3. The third-order valence-corrected chi connectivity index (χ3v) is 5.40. The van der Waals surface area contributed by atoms with Crippen molar-refractivity contribution in [3.8, 4) is 5.75 Å². The molecule has 3 N–H and O–H groups in total. The van der Waals surface area contributed by atoms with Crippen LogP contribution in [-0.4, -0.2) is 30.2 Å². The molecular formula is C25H21N3O5. The molecule has 1 heterocycles. The number of anilines is 2. The SMILES string of the molecule is CCOc1ccc(N2C(=O)c3ccc(C(=O)Nc4cccc(C(N)=O)c4C)cc3C2=O)cc1. The first kappa shape index (κ1) is 21.8. The van der Waals surface area contributed by atoms with Crippen LogP contribution in [0.5, 0.6) is 5.75 Å². The first-order chi connectivity index (χ1) is 15.8. The van der Waals surface area contributed by atoms with Gasteiger partial charge in [0.25, 0.3) is 17.7 Å². The summed E-state index contributed by atoms with van der Waals surface area (Å²) in [6.07, 6.45) is 0. The van der Waals surface area contributed by atoms with E-state index in [9.17, 15) is 19.2 Å². The molecule has 0 atom stereocenters. The Morgan fingerprint density at radius 3 is 2.33 bits per heavy atom. The van der Waals surface area contributed by atoms with E-state index in [1.54, 1.807) is 49.4 Å². The third kappa shape index (κ3) is 3.94. The number of rotatable bonds is 6. The molecule has 3 aromatic rings. The molecule has 33 heavy (non-hydrogen) atoms. The number of fused-ring (bicyclic) bond motifs is 1. The van der Waals surface area contributed by atoms with Gasteiger partial charge in [0.2, 0.25) is 5.91 Å². The van der Waals surface area contributed by atoms with Gasteiger partial charge in [-0.15, -0.1) is 0 Å². The summed E-state index contributed by atoms with van der Waals surface area (Å²) in [6.45, 7) is 4.04. The van der Waals surface area contributed by atoms with Gasteiger partial charge in [0.15, 0.2) is 0 Å². The van der Waals surface area contributed by atoms with E-state index >= 15 is 0 Å². The number of imide groups is 1. The van der Waals surface area contributed by atoms with Crippen molar-refractivity contribution in [2.24, 2.45) is 5.73 Å². The highest BCUT2D eigenvalue weighted by atomic mass is 16.5. The molecule has 8 heteroatoms. The average molecular weight is 443 g/mol. The van der Waals surface area contributed by atoms with Gasteiger partial charge in [0.1, 0.15) is 5.75 Å². The van der Waals surface area contributed by atoms with Crippen molar-refractivity contribution < 1.29 is 23.9 Å². The fraction of sp³-hybridized carbons (Fsp3) is 0.120. The summed E-state index contributed by atoms with van der Waals surface area (Å²) in [5, 5.41) is 2.73. The Balaban J connectivity index is 1.60. The maximum atomic E-state index is 13.0. The van der Waals surface area contributed by atoms with Crippen molar-refractivity contribution in [1.29, 1.82) is 0 Å². The standard InChI is InChI=1S/C25H21N3O5/c1-3-33-17-10-8-16(9-11-17)28-24(31)19-12-7-15(13-20(19)25(28)32)23(30)27-21-6-4-5-18(14(21)2)22(26)29/h4-13H,3H2,1-2H3,(H2,26,29)(H,27,30). The number of ether oxygens (including phenoxy) is 1. The smallest absolute Gasteiger partial charge is 0.266 e. The first-order valence-corrected chi connectivity index (χ1v) is 10.3. The highest BCUT2D eigenvalue weighted by Crippen LogP contribution is 2.30. The molecule has 0 bridgehead atoms. The topological polar surface area (TPSA) is 119 Å². The van der Waals surface area contributed by atoms with E-state index in [0.717, 1.165) is 4.90 Å². The molecule has 1 aliphatic rings. The second-order valence-corrected chi connectivity index (χ2v) is 7.43. The van der Waals surface area contributed by atoms with Gasteiger partial charge in [-0.25, -0.2) is 4.90 Å². The van der Waals surface area contributed by atoms with E-state index in [-0.39, 0.29) is 16.7 Å². The number of nitrogens with zero attached hydrogens (tertiary/aromatic N) is 1. The summed E-state index contributed by atoms with van der Waals surface area (Å²) >= 11 is 0. The number of hydrogen-bond acceptors (Lipinski definition) is 5. The predicted octanol–water partition coefficient (Wildman–Crippen LogP) is 3.55. The van der Waals surface area contributed by atoms with Gasteiger partial charge >= 0.3 is 0 Å². The summed E-state index contributed by atoms with van der Waals surface area (Å²) in [7, 11) is 0. The Bertz CT molecular complexity index is 1300. The van der Waals surface area contributed by atoms with Gasteiger partial charge in [0.05, 0.1) is 23.4 Å². The van der Waals surface area contributed by atoms with Crippen molar-refractivity contribution >= 4 is 35.0 Å². The number of amides is 4. The number of carbonyl (C=O) groups is 4. The van der Waals surface area contributed by atoms with E-state index in [0.29, 0.717) is 34.9 Å². The number of primary amides is 1. The Kier molecular flexibility index (Phi) is 5.66. The van der Waals surface area contributed by atoms with E-state index in [2.05, 4.69) is 5.32 Å². The highest BCUT2D eigenvalue weighted by Gasteiger charge is 2.37. The molecule has 1 aliphatic heterocycles. The Labute approximate surface area is 190 Å². The van der Waals surface area contributed by atoms with Crippen LogP contribution >= 0.6 is 0 Å². The first-order valence-electron chi connectivity index (χ1n) is 10.3. The Morgan fingerprint density at radius 2 is 1.67 bits per heavy atom. The minimum Gasteiger partial charge on any atom is -0.494 e. The molecule has 0 aliphatic carbocycles. The zero-order chi connectivity index (χ0) is 23.7. The summed E-state index contributed by atoms with van der Waals surface area (Å²) in [5.74, 6) is -1.42. The molecule has 8 nitrogen and oxygen atoms in total. The van der Waals surface area contributed by atoms with E-state index in [4.69, 9.17) is 10.5 Å². The van der Waals surface area contributed by atoms with Crippen LogP contribution in [-0.2, 0) is 0 Å². The lowest BCUT2D eigenvalue weighted by Gasteiger charge is -2.14. The molecule has 166 valence electrons. The molecule has 3 aromatic carbocycles. The highest BCUT2D eigenvalue weighted by molar-refractivity contribution is 6.34. The van der Waals surface area contributed by atoms with Gasteiger partial charge < -0.3 is 15.8 Å². The van der Waals surface area contributed by atoms with Crippen LogP contribution in [0.4, 0.5) is 11.4 Å². The lowest BCUT2D eigenvalue weighted by molar-refractivity contribution is 0.0924. The van der Waals surface area contributed by atoms with Crippen LogP contribution < -0.4 is 20.7 Å². The van der Waals surface area contributed by atoms with Crippen LogP contribution in [0.15, 0.2) is 60.7 Å². The molecule has 4 rings (SSSR count). The van der Waals surface area contributed by atoms with Crippen LogP contribution in [0, 0.1) is 6.92 Å². The van der Waals surface area contributed by atoms with Crippen molar-refractivity contribution in [2.45, 2.75) is 13.8 Å².